The molecule has 0 saturated heterocycles. The smallest absolute Gasteiger partial charge is 0.287 e. The van der Waals surface area contributed by atoms with Gasteiger partial charge in [-0.3, -0.25) is 23.7 Å². The Morgan fingerprint density at radius 1 is 0.909 bits per heavy atom. The second-order valence-corrected chi connectivity index (χ2v) is 13.3. The number of benzene rings is 2. The van der Waals surface area contributed by atoms with Gasteiger partial charge in [-0.15, -0.1) is 0 Å². The first-order valence-corrected chi connectivity index (χ1v) is 16.2. The fourth-order valence-corrected chi connectivity index (χ4v) is 5.98. The number of nitrogens with two attached hydrogens (primary N) is 1. The van der Waals surface area contributed by atoms with Gasteiger partial charge in [-0.05, 0) is 42.0 Å². The molecule has 1 heterocycles. The van der Waals surface area contributed by atoms with Gasteiger partial charge in [-0.2, -0.15) is 0 Å². The van der Waals surface area contributed by atoms with Gasteiger partial charge in [0.05, 0.1) is 6.26 Å². The van der Waals surface area contributed by atoms with Crippen LogP contribution in [-0.2, 0) is 25.4 Å². The van der Waals surface area contributed by atoms with Crippen molar-refractivity contribution in [1.82, 2.24) is 16.0 Å². The Kier molecular flexibility index (Phi) is 12.7. The fourth-order valence-electron chi connectivity index (χ4n) is 4.44. The summed E-state index contributed by atoms with van der Waals surface area (Å²) in [5.74, 6) is -4.38. The van der Waals surface area contributed by atoms with E-state index in [0.717, 1.165) is 5.56 Å². The first-order chi connectivity index (χ1) is 20.9. The average molecular weight is 623 g/mol. The molecule has 0 aliphatic heterocycles. The predicted molar refractivity (Wildman–Crippen MR) is 167 cm³/mol. The second-order valence-electron chi connectivity index (χ2n) is 10.8. The minimum Gasteiger partial charge on any atom is -0.459 e. The van der Waals surface area contributed by atoms with Crippen LogP contribution in [0.1, 0.15) is 48.4 Å². The molecule has 2 unspecified atom stereocenters. The molecule has 234 valence electrons. The Hall–Kier alpha value is -4.47. The number of hydrogen-bond donors (Lipinski definition) is 5. The van der Waals surface area contributed by atoms with E-state index in [9.17, 15) is 28.6 Å². The normalized spacial score (nSPS) is 14.7. The molecule has 11 nitrogen and oxygen atoms in total. The van der Waals surface area contributed by atoms with E-state index in [0.29, 0.717) is 5.56 Å². The second kappa shape index (κ2) is 16.4. The third-order valence-electron chi connectivity index (χ3n) is 6.67. The van der Waals surface area contributed by atoms with Crippen molar-refractivity contribution in [2.24, 2.45) is 11.7 Å². The number of nitrogens with one attached hydrogen (secondary N) is 3. The molecule has 2 aromatic carbocycles. The number of hydrogen-bond acceptors (Lipinski definition) is 6. The summed E-state index contributed by atoms with van der Waals surface area (Å²) in [4.78, 5) is 62.2. The Morgan fingerprint density at radius 2 is 1.57 bits per heavy atom. The fraction of sp³-hybridized carbons (Fsp3) is 0.312. The van der Waals surface area contributed by atoms with Gasteiger partial charge < -0.3 is 31.0 Å². The van der Waals surface area contributed by atoms with Gasteiger partial charge in [-0.25, -0.2) is 0 Å². The lowest BCUT2D eigenvalue weighted by Crippen LogP contribution is -2.53. The van der Waals surface area contributed by atoms with Crippen molar-refractivity contribution in [1.29, 1.82) is 0 Å². The molecule has 4 amide bonds. The van der Waals surface area contributed by atoms with Gasteiger partial charge in [-0.1, -0.05) is 86.7 Å². The Morgan fingerprint density at radius 3 is 2.16 bits per heavy atom. The number of furan rings is 1. The lowest BCUT2D eigenvalue weighted by molar-refractivity contribution is -0.131. The van der Waals surface area contributed by atoms with Gasteiger partial charge in [0, 0.05) is 6.42 Å². The Balaban J connectivity index is 1.71. The average Bonchev–Trinajstić information content (AvgIpc) is 3.52. The maximum Gasteiger partial charge on any atom is 0.287 e. The molecule has 0 aliphatic carbocycles. The first-order valence-electron chi connectivity index (χ1n) is 14.2. The third kappa shape index (κ3) is 11.0. The summed E-state index contributed by atoms with van der Waals surface area (Å²) < 4.78 is 18.7. The molecule has 1 aromatic heterocycles. The maximum absolute atomic E-state index is 13.6. The zero-order valence-electron chi connectivity index (χ0n) is 24.7. The maximum atomic E-state index is 13.6. The van der Waals surface area contributed by atoms with Crippen molar-refractivity contribution in [3.63, 3.8) is 0 Å². The molecule has 44 heavy (non-hydrogen) atoms. The highest BCUT2D eigenvalue weighted by atomic mass is 31.2. The monoisotopic (exact) mass is 622 g/mol. The van der Waals surface area contributed by atoms with Crippen LogP contribution in [-0.4, -0.2) is 52.6 Å². The lowest BCUT2D eigenvalue weighted by atomic mass is 10.0. The standard InChI is InChI=1S/C32H39N4O7P/c1-22(2)19-26(31(39)35-25(30(33)38)16-9-15-23-11-5-3-6-12-23)34-28(37)21-44(41,42)29(20-24-13-7-4-8-14-24)36-32(40)27-17-10-18-43-27/h3-15,17-18,22,25-26,29H,16,19-21H2,1-2H3,(H2,33,38)(H,34,37)(H,35,39)(H,36,40)(H,41,42)/t25-,26-,29?/m0/s1. The van der Waals surface area contributed by atoms with Crippen LogP contribution in [0.2, 0.25) is 0 Å². The summed E-state index contributed by atoms with van der Waals surface area (Å²) in [6.07, 6.45) is 4.25. The molecule has 0 bridgehead atoms. The predicted octanol–water partition coefficient (Wildman–Crippen LogP) is 3.45. The summed E-state index contributed by atoms with van der Waals surface area (Å²) in [6.45, 7) is 3.69. The molecule has 4 atom stereocenters. The van der Waals surface area contributed by atoms with E-state index >= 15 is 0 Å². The molecule has 0 spiro atoms. The molecule has 3 aromatic rings. The summed E-state index contributed by atoms with van der Waals surface area (Å²) in [5.41, 5.74) is 7.11. The van der Waals surface area contributed by atoms with Gasteiger partial charge in [0.1, 0.15) is 24.0 Å². The van der Waals surface area contributed by atoms with E-state index in [1.54, 1.807) is 42.5 Å². The zero-order valence-corrected chi connectivity index (χ0v) is 25.6. The van der Waals surface area contributed by atoms with E-state index in [4.69, 9.17) is 10.2 Å². The van der Waals surface area contributed by atoms with Crippen LogP contribution in [0, 0.1) is 5.92 Å². The van der Waals surface area contributed by atoms with Crippen LogP contribution in [0.5, 0.6) is 0 Å². The minimum atomic E-state index is -4.39. The largest absolute Gasteiger partial charge is 0.459 e. The van der Waals surface area contributed by atoms with E-state index < -0.39 is 55.0 Å². The highest BCUT2D eigenvalue weighted by molar-refractivity contribution is 7.59. The van der Waals surface area contributed by atoms with Gasteiger partial charge in [0.15, 0.2) is 5.76 Å². The SMILES string of the molecule is CC(C)C[C@H](NC(=O)CP(=O)(O)C(Cc1ccccc1)NC(=O)c1ccco1)C(=O)N[C@@H](CC=Cc1ccccc1)C(N)=O. The molecular formula is C32H39N4O7P. The first kappa shape index (κ1) is 34.0. The van der Waals surface area contributed by atoms with Gasteiger partial charge >= 0.3 is 0 Å². The summed E-state index contributed by atoms with van der Waals surface area (Å²) in [7, 11) is -4.39. The highest BCUT2D eigenvalue weighted by Crippen LogP contribution is 2.46. The topological polar surface area (TPSA) is 181 Å². The minimum absolute atomic E-state index is 0.0267. The van der Waals surface area contributed by atoms with Crippen LogP contribution >= 0.6 is 7.37 Å². The number of rotatable bonds is 16. The van der Waals surface area contributed by atoms with Crippen molar-refractivity contribution >= 4 is 37.1 Å². The number of primary amides is 1. The molecule has 0 fully saturated rings. The summed E-state index contributed by atoms with van der Waals surface area (Å²) in [5, 5.41) is 7.67. The van der Waals surface area contributed by atoms with E-state index in [2.05, 4.69) is 16.0 Å². The molecule has 0 aliphatic rings. The van der Waals surface area contributed by atoms with Gasteiger partial charge in [0.25, 0.3) is 5.91 Å². The molecule has 12 heteroatoms. The van der Waals surface area contributed by atoms with Crippen LogP contribution in [0.4, 0.5) is 0 Å². The van der Waals surface area contributed by atoms with Crippen molar-refractivity contribution in [2.75, 3.05) is 6.16 Å². The quantitative estimate of drug-likeness (QED) is 0.152. The lowest BCUT2D eigenvalue weighted by Gasteiger charge is -2.26. The van der Waals surface area contributed by atoms with Crippen LogP contribution in [0.3, 0.4) is 0 Å². The molecular weight excluding hydrogens is 583 g/mol. The number of carbonyl (C=O) groups is 4. The van der Waals surface area contributed by atoms with E-state index in [-0.39, 0.29) is 30.9 Å². The van der Waals surface area contributed by atoms with Crippen LogP contribution in [0.25, 0.3) is 6.08 Å². The van der Waals surface area contributed by atoms with Crippen LogP contribution < -0.4 is 21.7 Å². The number of carbonyl (C=O) groups excluding carboxylic acids is 4. The van der Waals surface area contributed by atoms with Crippen molar-refractivity contribution in [3.05, 3.63) is 102 Å². The zero-order chi connectivity index (χ0) is 32.1. The van der Waals surface area contributed by atoms with E-state index in [1.807, 2.05) is 44.2 Å². The summed E-state index contributed by atoms with van der Waals surface area (Å²) >= 11 is 0. The van der Waals surface area contributed by atoms with Crippen molar-refractivity contribution in [3.8, 4) is 0 Å². The van der Waals surface area contributed by atoms with E-state index in [1.165, 1.54) is 18.4 Å². The molecule has 3 rings (SSSR count). The number of amides is 4. The molecule has 0 radical (unpaired) electrons. The van der Waals surface area contributed by atoms with Gasteiger partial charge in [0.2, 0.25) is 25.1 Å². The third-order valence-corrected chi connectivity index (χ3v) is 8.70. The molecule has 6 N–H and O–H groups in total. The summed E-state index contributed by atoms with van der Waals surface area (Å²) in [6, 6.07) is 18.9. The highest BCUT2D eigenvalue weighted by Gasteiger charge is 2.36. The Labute approximate surface area is 256 Å². The van der Waals surface area contributed by atoms with Crippen molar-refractivity contribution in [2.45, 2.75) is 51.0 Å². The van der Waals surface area contributed by atoms with Crippen LogP contribution in [0.15, 0.2) is 89.6 Å². The molecule has 0 saturated carbocycles. The van der Waals surface area contributed by atoms with Crippen molar-refractivity contribution < 1.29 is 33.1 Å². The Bertz CT molecular complexity index is 1460.